The van der Waals surface area contributed by atoms with Gasteiger partial charge in [-0.15, -0.1) is 0 Å². The molecule has 2 N–H and O–H groups in total. The summed E-state index contributed by atoms with van der Waals surface area (Å²) in [6, 6.07) is 13.5. The van der Waals surface area contributed by atoms with Gasteiger partial charge in [0, 0.05) is 18.7 Å². The van der Waals surface area contributed by atoms with E-state index < -0.39 is 0 Å². The molecule has 0 saturated heterocycles. The summed E-state index contributed by atoms with van der Waals surface area (Å²) in [6.07, 6.45) is 2.97. The lowest BCUT2D eigenvalue weighted by molar-refractivity contribution is 0.282. The number of nitrogens with one attached hydrogen (secondary N) is 1. The molecule has 0 saturated carbocycles. The first-order chi connectivity index (χ1) is 11.7. The van der Waals surface area contributed by atoms with E-state index in [4.69, 9.17) is 33.0 Å². The summed E-state index contributed by atoms with van der Waals surface area (Å²) in [5, 5.41) is 13.3. The minimum Gasteiger partial charge on any atom is -0.489 e. The third kappa shape index (κ3) is 6.33. The summed E-state index contributed by atoms with van der Waals surface area (Å²) in [5.74, 6) is 0.867. The molecule has 0 atom stereocenters. The van der Waals surface area contributed by atoms with Crippen molar-refractivity contribution in [3.05, 3.63) is 63.6 Å². The number of para-hydroxylation sites is 1. The Morgan fingerprint density at radius 1 is 0.958 bits per heavy atom. The van der Waals surface area contributed by atoms with E-state index in [9.17, 15) is 0 Å². The largest absolute Gasteiger partial charge is 0.489 e. The molecule has 0 heterocycles. The van der Waals surface area contributed by atoms with Crippen LogP contribution in [0.5, 0.6) is 5.75 Å². The Kier molecular flexibility index (Phi) is 8.40. The van der Waals surface area contributed by atoms with E-state index in [2.05, 4.69) is 11.4 Å². The van der Waals surface area contributed by atoms with E-state index >= 15 is 0 Å². The van der Waals surface area contributed by atoms with Gasteiger partial charge >= 0.3 is 0 Å². The average Bonchev–Trinajstić information content (AvgIpc) is 2.60. The molecule has 5 heteroatoms. The highest BCUT2D eigenvalue weighted by Crippen LogP contribution is 2.24. The number of rotatable bonds is 10. The van der Waals surface area contributed by atoms with Gasteiger partial charge in [-0.1, -0.05) is 47.5 Å². The maximum absolute atomic E-state index is 8.77. The first-order valence-corrected chi connectivity index (χ1v) is 8.92. The average molecular weight is 368 g/mol. The van der Waals surface area contributed by atoms with Crippen molar-refractivity contribution in [1.29, 1.82) is 0 Å². The lowest BCUT2D eigenvalue weighted by Gasteiger charge is -2.12. The number of benzene rings is 2. The van der Waals surface area contributed by atoms with Crippen molar-refractivity contribution < 1.29 is 9.84 Å². The van der Waals surface area contributed by atoms with Gasteiger partial charge in [-0.25, -0.2) is 0 Å². The molecular formula is C19H23Cl2NO2. The van der Waals surface area contributed by atoms with Gasteiger partial charge in [-0.3, -0.25) is 0 Å². The second-order valence-electron chi connectivity index (χ2n) is 5.61. The van der Waals surface area contributed by atoms with Crippen molar-refractivity contribution >= 4 is 23.2 Å². The van der Waals surface area contributed by atoms with Gasteiger partial charge in [0.05, 0.1) is 10.0 Å². The Morgan fingerprint density at radius 3 is 2.58 bits per heavy atom. The summed E-state index contributed by atoms with van der Waals surface area (Å²) in [4.78, 5) is 0. The van der Waals surface area contributed by atoms with Crippen molar-refractivity contribution in [3.63, 3.8) is 0 Å². The third-order valence-electron chi connectivity index (χ3n) is 3.68. The zero-order chi connectivity index (χ0) is 17.2. The van der Waals surface area contributed by atoms with Crippen LogP contribution in [0.1, 0.15) is 30.4 Å². The first kappa shape index (κ1) is 19.1. The van der Waals surface area contributed by atoms with Crippen LogP contribution in [0.15, 0.2) is 42.5 Å². The van der Waals surface area contributed by atoms with Crippen LogP contribution in [0.25, 0.3) is 0 Å². The Morgan fingerprint density at radius 2 is 1.79 bits per heavy atom. The number of hydrogen-bond donors (Lipinski definition) is 2. The summed E-state index contributed by atoms with van der Waals surface area (Å²) in [6.45, 7) is 2.41. The highest BCUT2D eigenvalue weighted by atomic mass is 35.5. The van der Waals surface area contributed by atoms with Crippen LogP contribution in [0.4, 0.5) is 0 Å². The molecule has 0 aliphatic rings. The number of hydrogen-bond acceptors (Lipinski definition) is 3. The molecule has 130 valence electrons. The Hall–Kier alpha value is -1.26. The van der Waals surface area contributed by atoms with Crippen LogP contribution < -0.4 is 10.1 Å². The molecule has 0 fully saturated rings. The van der Waals surface area contributed by atoms with E-state index in [1.54, 1.807) is 6.07 Å². The third-order valence-corrected chi connectivity index (χ3v) is 4.42. The van der Waals surface area contributed by atoms with E-state index in [1.165, 1.54) is 0 Å². The number of ether oxygens (including phenoxy) is 1. The van der Waals surface area contributed by atoms with Gasteiger partial charge < -0.3 is 15.2 Å². The zero-order valence-corrected chi connectivity index (χ0v) is 15.1. The summed E-state index contributed by atoms with van der Waals surface area (Å²) in [5.41, 5.74) is 2.11. The van der Waals surface area contributed by atoms with Crippen LogP contribution >= 0.6 is 23.2 Å². The van der Waals surface area contributed by atoms with Crippen LogP contribution in [-0.4, -0.2) is 18.3 Å². The Labute approximate surface area is 153 Å². The SMILES string of the molecule is OCCCCCNCc1ccccc1OCc1ccc(Cl)c(Cl)c1. The minimum atomic E-state index is 0.269. The standard InChI is InChI=1S/C19H23Cl2NO2/c20-17-9-8-15(12-18(17)21)14-24-19-7-3-2-6-16(19)13-22-10-4-1-5-11-23/h2-3,6-9,12,22-23H,1,4-5,10-11,13-14H2. The lowest BCUT2D eigenvalue weighted by Crippen LogP contribution is -2.15. The van der Waals surface area contributed by atoms with E-state index in [-0.39, 0.29) is 6.61 Å². The summed E-state index contributed by atoms with van der Waals surface area (Å²) in [7, 11) is 0. The topological polar surface area (TPSA) is 41.5 Å². The van der Waals surface area contributed by atoms with Gasteiger partial charge in [0.2, 0.25) is 0 Å². The quantitative estimate of drug-likeness (QED) is 0.591. The molecule has 0 aliphatic heterocycles. The maximum atomic E-state index is 8.77. The van der Waals surface area contributed by atoms with Gasteiger partial charge in [-0.05, 0) is 49.6 Å². The molecule has 3 nitrogen and oxygen atoms in total. The van der Waals surface area contributed by atoms with Crippen molar-refractivity contribution in [2.75, 3.05) is 13.2 Å². The van der Waals surface area contributed by atoms with Gasteiger partial charge in [0.15, 0.2) is 0 Å². The molecule has 0 radical (unpaired) electrons. The fourth-order valence-corrected chi connectivity index (χ4v) is 2.66. The number of aliphatic hydroxyl groups excluding tert-OH is 1. The van der Waals surface area contributed by atoms with E-state index in [0.717, 1.165) is 49.2 Å². The van der Waals surface area contributed by atoms with Gasteiger partial charge in [0.1, 0.15) is 12.4 Å². The van der Waals surface area contributed by atoms with Crippen molar-refractivity contribution in [2.45, 2.75) is 32.4 Å². The minimum absolute atomic E-state index is 0.269. The van der Waals surface area contributed by atoms with Gasteiger partial charge in [0.25, 0.3) is 0 Å². The molecule has 0 spiro atoms. The second kappa shape index (κ2) is 10.6. The van der Waals surface area contributed by atoms with Crippen LogP contribution in [-0.2, 0) is 13.2 Å². The Balaban J connectivity index is 1.85. The monoisotopic (exact) mass is 367 g/mol. The smallest absolute Gasteiger partial charge is 0.124 e. The van der Waals surface area contributed by atoms with Crippen LogP contribution in [0.2, 0.25) is 10.0 Å². The predicted molar refractivity (Wildman–Crippen MR) is 99.9 cm³/mol. The predicted octanol–water partition coefficient (Wildman–Crippen LogP) is 4.82. The molecule has 0 unspecified atom stereocenters. The summed E-state index contributed by atoms with van der Waals surface area (Å²) >= 11 is 12.0. The van der Waals surface area contributed by atoms with Crippen molar-refractivity contribution in [1.82, 2.24) is 5.32 Å². The lowest BCUT2D eigenvalue weighted by atomic mass is 10.2. The summed E-state index contributed by atoms with van der Waals surface area (Å²) < 4.78 is 5.94. The molecule has 0 amide bonds. The molecule has 2 aromatic rings. The van der Waals surface area contributed by atoms with Crippen molar-refractivity contribution in [3.8, 4) is 5.75 Å². The molecular weight excluding hydrogens is 345 g/mol. The normalized spacial score (nSPS) is 10.8. The maximum Gasteiger partial charge on any atom is 0.124 e. The van der Waals surface area contributed by atoms with Gasteiger partial charge in [-0.2, -0.15) is 0 Å². The van der Waals surface area contributed by atoms with E-state index in [1.807, 2.05) is 30.3 Å². The number of halogens is 2. The van der Waals surface area contributed by atoms with E-state index in [0.29, 0.717) is 16.7 Å². The number of unbranched alkanes of at least 4 members (excludes halogenated alkanes) is 2. The number of aliphatic hydroxyl groups is 1. The fraction of sp³-hybridized carbons (Fsp3) is 0.368. The highest BCUT2D eigenvalue weighted by Gasteiger charge is 2.05. The first-order valence-electron chi connectivity index (χ1n) is 8.17. The molecule has 24 heavy (non-hydrogen) atoms. The molecule has 0 bridgehead atoms. The zero-order valence-electron chi connectivity index (χ0n) is 13.6. The molecule has 2 rings (SSSR count). The van der Waals surface area contributed by atoms with Crippen molar-refractivity contribution in [2.24, 2.45) is 0 Å². The van der Waals surface area contributed by atoms with Crippen LogP contribution in [0, 0.1) is 0 Å². The molecule has 0 aromatic heterocycles. The Bertz CT molecular complexity index is 635. The van der Waals surface area contributed by atoms with Crippen LogP contribution in [0.3, 0.4) is 0 Å². The highest BCUT2D eigenvalue weighted by molar-refractivity contribution is 6.42. The molecule has 0 aliphatic carbocycles. The second-order valence-corrected chi connectivity index (χ2v) is 6.42. The fourth-order valence-electron chi connectivity index (χ4n) is 2.34. The molecule has 2 aromatic carbocycles.